The lowest BCUT2D eigenvalue weighted by atomic mass is 10.2. The number of aryl methyl sites for hydroxylation is 2. The van der Waals surface area contributed by atoms with Crippen LogP contribution in [0.1, 0.15) is 18.3 Å². The molecule has 1 heterocycles. The molecule has 0 spiro atoms. The van der Waals surface area contributed by atoms with E-state index < -0.39 is 0 Å². The highest BCUT2D eigenvalue weighted by Crippen LogP contribution is 2.26. The first-order valence-electron chi connectivity index (χ1n) is 6.50. The fourth-order valence-electron chi connectivity index (χ4n) is 2.00. The van der Waals surface area contributed by atoms with Crippen LogP contribution in [0.3, 0.4) is 0 Å². The van der Waals surface area contributed by atoms with Gasteiger partial charge in [0.15, 0.2) is 0 Å². The van der Waals surface area contributed by atoms with Gasteiger partial charge in [-0.1, -0.05) is 25.1 Å². The zero-order valence-corrected chi connectivity index (χ0v) is 11.9. The van der Waals surface area contributed by atoms with Crippen molar-refractivity contribution in [1.82, 2.24) is 9.97 Å². The number of hydrogen-bond acceptors (Lipinski definition) is 4. The van der Waals surface area contributed by atoms with Crippen LogP contribution in [0.25, 0.3) is 0 Å². The highest BCUT2D eigenvalue weighted by atomic mass is 15.2. The quantitative estimate of drug-likeness (QED) is 0.912. The topological polar surface area (TPSA) is 41.1 Å². The number of nitrogens with one attached hydrogen (secondary N) is 1. The van der Waals surface area contributed by atoms with E-state index in [0.717, 1.165) is 29.6 Å². The summed E-state index contributed by atoms with van der Waals surface area (Å²) < 4.78 is 0. The molecule has 4 nitrogen and oxygen atoms in total. The first-order chi connectivity index (χ1) is 9.15. The molecule has 1 aromatic heterocycles. The van der Waals surface area contributed by atoms with Crippen LogP contribution in [0.15, 0.2) is 30.3 Å². The molecule has 0 aliphatic carbocycles. The third-order valence-electron chi connectivity index (χ3n) is 3.15. The first kappa shape index (κ1) is 13.3. The monoisotopic (exact) mass is 256 g/mol. The molecular formula is C15H20N4. The summed E-state index contributed by atoms with van der Waals surface area (Å²) in [6.07, 6.45) is 0.824. The Balaban J connectivity index is 2.43. The third kappa shape index (κ3) is 2.84. The van der Waals surface area contributed by atoms with Crippen molar-refractivity contribution in [2.45, 2.75) is 20.3 Å². The number of nitrogens with zero attached hydrogens (tertiary/aromatic N) is 3. The summed E-state index contributed by atoms with van der Waals surface area (Å²) in [6.45, 7) is 4.17. The summed E-state index contributed by atoms with van der Waals surface area (Å²) in [5.41, 5.74) is 2.39. The van der Waals surface area contributed by atoms with E-state index in [2.05, 4.69) is 46.2 Å². The van der Waals surface area contributed by atoms with Gasteiger partial charge in [-0.3, -0.25) is 0 Å². The number of para-hydroxylation sites is 1. The molecule has 2 rings (SSSR count). The Kier molecular flexibility index (Phi) is 4.00. The lowest BCUT2D eigenvalue weighted by molar-refractivity contribution is 0.927. The largest absolute Gasteiger partial charge is 0.373 e. The normalized spacial score (nSPS) is 10.3. The van der Waals surface area contributed by atoms with E-state index in [4.69, 9.17) is 0 Å². The zero-order chi connectivity index (χ0) is 13.8. The van der Waals surface area contributed by atoms with Crippen molar-refractivity contribution >= 4 is 17.3 Å². The second-order valence-electron chi connectivity index (χ2n) is 4.48. The summed E-state index contributed by atoms with van der Waals surface area (Å²) >= 11 is 0. The fraction of sp³-hybridized carbons (Fsp3) is 0.333. The first-order valence-corrected chi connectivity index (χ1v) is 6.50. The highest BCUT2D eigenvalue weighted by molar-refractivity contribution is 5.64. The summed E-state index contributed by atoms with van der Waals surface area (Å²) in [7, 11) is 3.91. The molecule has 100 valence electrons. The minimum Gasteiger partial charge on any atom is -0.373 e. The third-order valence-corrected chi connectivity index (χ3v) is 3.15. The Hall–Kier alpha value is -2.10. The maximum Gasteiger partial charge on any atom is 0.138 e. The second kappa shape index (κ2) is 5.69. The molecule has 0 unspecified atom stereocenters. The molecule has 2 aromatic rings. The number of aromatic nitrogens is 2. The Morgan fingerprint density at radius 3 is 2.58 bits per heavy atom. The molecule has 0 atom stereocenters. The van der Waals surface area contributed by atoms with Gasteiger partial charge in [-0.15, -0.1) is 0 Å². The van der Waals surface area contributed by atoms with Crippen molar-refractivity contribution in [2.24, 2.45) is 0 Å². The highest BCUT2D eigenvalue weighted by Gasteiger charge is 2.10. The number of benzene rings is 1. The van der Waals surface area contributed by atoms with Crippen molar-refractivity contribution in [1.29, 1.82) is 0 Å². The van der Waals surface area contributed by atoms with Crippen molar-refractivity contribution in [3.63, 3.8) is 0 Å². The predicted octanol–water partition coefficient (Wildman–Crippen LogP) is 3.16. The van der Waals surface area contributed by atoms with Crippen LogP contribution in [0.2, 0.25) is 0 Å². The molecular weight excluding hydrogens is 236 g/mol. The lowest BCUT2D eigenvalue weighted by Gasteiger charge is -2.21. The molecule has 0 saturated heterocycles. The summed E-state index contributed by atoms with van der Waals surface area (Å²) in [4.78, 5) is 11.1. The molecule has 4 heteroatoms. The molecule has 19 heavy (non-hydrogen) atoms. The Morgan fingerprint density at radius 2 is 1.95 bits per heavy atom. The number of hydrogen-bond donors (Lipinski definition) is 1. The molecule has 0 fully saturated rings. The maximum atomic E-state index is 4.59. The van der Waals surface area contributed by atoms with Gasteiger partial charge < -0.3 is 10.2 Å². The van der Waals surface area contributed by atoms with Gasteiger partial charge in [-0.05, 0) is 18.6 Å². The Labute approximate surface area is 114 Å². The summed E-state index contributed by atoms with van der Waals surface area (Å²) in [5, 5.41) is 3.09. The number of anilines is 3. The van der Waals surface area contributed by atoms with Gasteiger partial charge in [0.05, 0.1) is 0 Å². The van der Waals surface area contributed by atoms with Crippen molar-refractivity contribution in [3.05, 3.63) is 41.7 Å². The van der Waals surface area contributed by atoms with Crippen molar-refractivity contribution in [2.75, 3.05) is 24.3 Å². The van der Waals surface area contributed by atoms with Crippen LogP contribution >= 0.6 is 0 Å². The smallest absolute Gasteiger partial charge is 0.138 e. The van der Waals surface area contributed by atoms with Crippen molar-refractivity contribution in [3.8, 4) is 0 Å². The van der Waals surface area contributed by atoms with Crippen molar-refractivity contribution < 1.29 is 0 Å². The molecule has 0 aliphatic heterocycles. The van der Waals surface area contributed by atoms with Gasteiger partial charge in [0.1, 0.15) is 17.5 Å². The van der Waals surface area contributed by atoms with E-state index in [1.807, 2.05) is 32.3 Å². The lowest BCUT2D eigenvalue weighted by Crippen LogP contribution is -2.14. The minimum absolute atomic E-state index is 0.824. The standard InChI is InChI=1S/C15H20N4/c1-5-13-17-14(16-3)10-15(18-13)19(4)12-9-7-6-8-11(12)2/h6-10H,5H2,1-4H3,(H,16,17,18). The predicted molar refractivity (Wildman–Crippen MR) is 80.2 cm³/mol. The molecule has 1 aromatic carbocycles. The van der Waals surface area contributed by atoms with E-state index in [1.54, 1.807) is 0 Å². The van der Waals surface area contributed by atoms with Gasteiger partial charge in [-0.25, -0.2) is 9.97 Å². The Bertz CT molecular complexity index is 544. The summed E-state index contributed by atoms with van der Waals surface area (Å²) in [6, 6.07) is 10.3. The Morgan fingerprint density at radius 1 is 1.21 bits per heavy atom. The molecule has 1 N–H and O–H groups in total. The second-order valence-corrected chi connectivity index (χ2v) is 4.48. The van der Waals surface area contributed by atoms with Gasteiger partial charge >= 0.3 is 0 Å². The van der Waals surface area contributed by atoms with Gasteiger partial charge in [-0.2, -0.15) is 0 Å². The minimum atomic E-state index is 0.824. The fourth-order valence-corrected chi connectivity index (χ4v) is 2.00. The van der Waals surface area contributed by atoms with E-state index in [-0.39, 0.29) is 0 Å². The molecule has 0 saturated carbocycles. The van der Waals surface area contributed by atoms with Crippen LogP contribution in [0.5, 0.6) is 0 Å². The molecule has 0 aliphatic rings. The molecule has 0 radical (unpaired) electrons. The van der Waals surface area contributed by atoms with Crippen LogP contribution in [-0.4, -0.2) is 24.1 Å². The van der Waals surface area contributed by atoms with E-state index in [0.29, 0.717) is 0 Å². The van der Waals surface area contributed by atoms with Gasteiger partial charge in [0, 0.05) is 32.3 Å². The average molecular weight is 256 g/mol. The van der Waals surface area contributed by atoms with Crippen LogP contribution in [-0.2, 0) is 6.42 Å². The SMILES string of the molecule is CCc1nc(NC)cc(N(C)c2ccccc2C)n1. The average Bonchev–Trinajstić information content (AvgIpc) is 2.46. The van der Waals surface area contributed by atoms with E-state index >= 15 is 0 Å². The molecule has 0 amide bonds. The van der Waals surface area contributed by atoms with E-state index in [1.165, 1.54) is 5.56 Å². The van der Waals surface area contributed by atoms with Crippen LogP contribution < -0.4 is 10.2 Å². The number of rotatable bonds is 4. The maximum absolute atomic E-state index is 4.59. The van der Waals surface area contributed by atoms with Gasteiger partial charge in [0.25, 0.3) is 0 Å². The van der Waals surface area contributed by atoms with E-state index in [9.17, 15) is 0 Å². The summed E-state index contributed by atoms with van der Waals surface area (Å²) in [5.74, 6) is 2.61. The molecule has 0 bridgehead atoms. The van der Waals surface area contributed by atoms with Crippen LogP contribution in [0, 0.1) is 6.92 Å². The zero-order valence-electron chi connectivity index (χ0n) is 11.9. The van der Waals surface area contributed by atoms with Crippen LogP contribution in [0.4, 0.5) is 17.3 Å². The van der Waals surface area contributed by atoms with Gasteiger partial charge in [0.2, 0.25) is 0 Å².